The summed E-state index contributed by atoms with van der Waals surface area (Å²) in [4.78, 5) is 20.6. The second kappa shape index (κ2) is 6.97. The quantitative estimate of drug-likeness (QED) is 0.363. The van der Waals surface area contributed by atoms with E-state index >= 15 is 0 Å². The van der Waals surface area contributed by atoms with E-state index in [1.807, 2.05) is 35.7 Å². The number of pyridine rings is 1. The van der Waals surface area contributed by atoms with E-state index in [9.17, 15) is 4.79 Å². The third kappa shape index (κ3) is 3.89. The first-order chi connectivity index (χ1) is 10.7. The van der Waals surface area contributed by atoms with Gasteiger partial charge in [-0.25, -0.2) is 4.98 Å². The zero-order chi connectivity index (χ0) is 15.4. The molecule has 2 heterocycles. The number of benzene rings is 1. The van der Waals surface area contributed by atoms with E-state index in [-0.39, 0.29) is 12.4 Å². The van der Waals surface area contributed by atoms with Gasteiger partial charge in [0.15, 0.2) is 0 Å². The van der Waals surface area contributed by atoms with E-state index in [4.69, 9.17) is 4.74 Å². The normalized spacial score (nSPS) is 10.4. The van der Waals surface area contributed by atoms with Crippen molar-refractivity contribution in [2.24, 2.45) is 0 Å². The molecule has 22 heavy (non-hydrogen) atoms. The number of halogens is 1. The molecular formula is C16H11IN2O2S. The van der Waals surface area contributed by atoms with Crippen molar-refractivity contribution in [1.82, 2.24) is 9.97 Å². The third-order valence-electron chi connectivity index (χ3n) is 2.81. The van der Waals surface area contributed by atoms with Crippen LogP contribution in [0.1, 0.15) is 5.69 Å². The molecule has 0 spiro atoms. The summed E-state index contributed by atoms with van der Waals surface area (Å²) >= 11 is 3.67. The monoisotopic (exact) mass is 422 g/mol. The van der Waals surface area contributed by atoms with Crippen molar-refractivity contribution in [2.75, 3.05) is 0 Å². The van der Waals surface area contributed by atoms with Crippen LogP contribution >= 0.6 is 33.9 Å². The summed E-state index contributed by atoms with van der Waals surface area (Å²) in [6, 6.07) is 13.0. The summed E-state index contributed by atoms with van der Waals surface area (Å²) in [6.07, 6.45) is 1.87. The lowest BCUT2D eigenvalue weighted by molar-refractivity contribution is -0.133. The fourth-order valence-electron chi connectivity index (χ4n) is 1.81. The van der Waals surface area contributed by atoms with Gasteiger partial charge in [0, 0.05) is 15.1 Å². The summed E-state index contributed by atoms with van der Waals surface area (Å²) in [5, 5.41) is 2.66. The molecule has 0 aliphatic rings. The molecule has 0 atom stereocenters. The van der Waals surface area contributed by atoms with Crippen LogP contribution in [0.15, 0.2) is 54.0 Å². The Balaban J connectivity index is 1.65. The highest BCUT2D eigenvalue weighted by molar-refractivity contribution is 14.1. The van der Waals surface area contributed by atoms with Gasteiger partial charge in [-0.15, -0.1) is 11.3 Å². The number of rotatable bonds is 4. The summed E-state index contributed by atoms with van der Waals surface area (Å²) in [6.45, 7) is 0. The fraction of sp³-hybridized carbons (Fsp3) is 0.0625. The van der Waals surface area contributed by atoms with Crippen molar-refractivity contribution in [2.45, 2.75) is 6.42 Å². The minimum Gasteiger partial charge on any atom is -0.426 e. The zero-order valence-corrected chi connectivity index (χ0v) is 14.4. The molecule has 3 aromatic rings. The topological polar surface area (TPSA) is 52.1 Å². The number of nitrogens with zero attached hydrogens (tertiary/aromatic N) is 2. The SMILES string of the molecule is O=C(Cc1csc(-c2ccccn2)n1)Oc1ccc(I)cc1. The Morgan fingerprint density at radius 1 is 1.18 bits per heavy atom. The van der Waals surface area contributed by atoms with Gasteiger partial charge in [-0.3, -0.25) is 9.78 Å². The highest BCUT2D eigenvalue weighted by atomic mass is 127. The lowest BCUT2D eigenvalue weighted by atomic mass is 10.3. The van der Waals surface area contributed by atoms with Crippen LogP contribution in [0.5, 0.6) is 5.75 Å². The maximum Gasteiger partial charge on any atom is 0.317 e. The van der Waals surface area contributed by atoms with E-state index in [0.29, 0.717) is 11.4 Å². The predicted octanol–water partition coefficient (Wildman–Crippen LogP) is 3.96. The number of carbonyl (C=O) groups excluding carboxylic acids is 1. The van der Waals surface area contributed by atoms with Gasteiger partial charge < -0.3 is 4.74 Å². The smallest absolute Gasteiger partial charge is 0.317 e. The van der Waals surface area contributed by atoms with Crippen molar-refractivity contribution in [3.05, 3.63) is 63.3 Å². The maximum absolute atomic E-state index is 11.9. The number of ether oxygens (including phenoxy) is 1. The molecule has 0 bridgehead atoms. The number of carbonyl (C=O) groups is 1. The Labute approximate surface area is 145 Å². The number of hydrogen-bond acceptors (Lipinski definition) is 5. The molecule has 110 valence electrons. The Morgan fingerprint density at radius 2 is 2.00 bits per heavy atom. The molecule has 2 aromatic heterocycles. The van der Waals surface area contributed by atoms with Crippen molar-refractivity contribution >= 4 is 39.9 Å². The molecule has 0 aliphatic carbocycles. The predicted molar refractivity (Wildman–Crippen MR) is 93.8 cm³/mol. The number of hydrogen-bond donors (Lipinski definition) is 0. The summed E-state index contributed by atoms with van der Waals surface area (Å²) < 4.78 is 6.39. The van der Waals surface area contributed by atoms with Gasteiger partial charge in [-0.2, -0.15) is 0 Å². The van der Waals surface area contributed by atoms with Crippen molar-refractivity contribution in [1.29, 1.82) is 0 Å². The molecule has 6 heteroatoms. The first-order valence-corrected chi connectivity index (χ1v) is 8.48. The second-order valence-corrected chi connectivity index (χ2v) is 6.57. The largest absolute Gasteiger partial charge is 0.426 e. The zero-order valence-electron chi connectivity index (χ0n) is 11.4. The minimum absolute atomic E-state index is 0.148. The highest BCUT2D eigenvalue weighted by Gasteiger charge is 2.11. The average Bonchev–Trinajstić information content (AvgIpc) is 2.99. The fourth-order valence-corrected chi connectivity index (χ4v) is 2.97. The molecule has 1 aromatic carbocycles. The van der Waals surface area contributed by atoms with Gasteiger partial charge in [0.05, 0.1) is 17.8 Å². The lowest BCUT2D eigenvalue weighted by Crippen LogP contribution is -2.11. The van der Waals surface area contributed by atoms with Crippen LogP contribution in [-0.2, 0) is 11.2 Å². The van der Waals surface area contributed by atoms with Crippen molar-refractivity contribution in [3.63, 3.8) is 0 Å². The molecule has 0 saturated carbocycles. The highest BCUT2D eigenvalue weighted by Crippen LogP contribution is 2.22. The van der Waals surface area contributed by atoms with Crippen LogP contribution in [-0.4, -0.2) is 15.9 Å². The van der Waals surface area contributed by atoms with Crippen LogP contribution in [0.25, 0.3) is 10.7 Å². The van der Waals surface area contributed by atoms with Gasteiger partial charge in [0.25, 0.3) is 0 Å². The summed E-state index contributed by atoms with van der Waals surface area (Å²) in [7, 11) is 0. The van der Waals surface area contributed by atoms with Gasteiger partial charge in [-0.1, -0.05) is 6.07 Å². The molecule has 0 unspecified atom stereocenters. The number of thiazole rings is 1. The molecule has 4 nitrogen and oxygen atoms in total. The van der Waals surface area contributed by atoms with Gasteiger partial charge in [0.1, 0.15) is 10.8 Å². The van der Waals surface area contributed by atoms with Crippen molar-refractivity contribution < 1.29 is 9.53 Å². The van der Waals surface area contributed by atoms with E-state index < -0.39 is 0 Å². The molecule has 0 fully saturated rings. The molecule has 0 aliphatic heterocycles. The van der Waals surface area contributed by atoms with Gasteiger partial charge in [-0.05, 0) is 59.0 Å². The van der Waals surface area contributed by atoms with Crippen LogP contribution in [0.3, 0.4) is 0 Å². The maximum atomic E-state index is 11.9. The Bertz CT molecular complexity index is 772. The van der Waals surface area contributed by atoms with Crippen LogP contribution < -0.4 is 4.74 Å². The molecule has 0 amide bonds. The molecule has 0 radical (unpaired) electrons. The minimum atomic E-state index is -0.320. The van der Waals surface area contributed by atoms with Crippen molar-refractivity contribution in [3.8, 4) is 16.5 Å². The summed E-state index contributed by atoms with van der Waals surface area (Å²) in [5.41, 5.74) is 1.51. The van der Waals surface area contributed by atoms with E-state index in [1.54, 1.807) is 18.3 Å². The van der Waals surface area contributed by atoms with Crippen LogP contribution in [0, 0.1) is 3.57 Å². The van der Waals surface area contributed by atoms with Gasteiger partial charge >= 0.3 is 5.97 Å². The third-order valence-corrected chi connectivity index (χ3v) is 4.44. The standard InChI is InChI=1S/C16H11IN2O2S/c17-11-4-6-13(7-5-11)21-15(20)9-12-10-22-16(19-12)14-3-1-2-8-18-14/h1-8,10H,9H2. The second-order valence-electron chi connectivity index (χ2n) is 4.46. The molecular weight excluding hydrogens is 411 g/mol. The number of esters is 1. The molecule has 0 saturated heterocycles. The van der Waals surface area contributed by atoms with E-state index in [2.05, 4.69) is 32.6 Å². The van der Waals surface area contributed by atoms with Crippen LogP contribution in [0.2, 0.25) is 0 Å². The molecule has 3 rings (SSSR count). The number of aromatic nitrogens is 2. The van der Waals surface area contributed by atoms with Gasteiger partial charge in [0.2, 0.25) is 0 Å². The molecule has 0 N–H and O–H groups in total. The Kier molecular flexibility index (Phi) is 4.79. The Morgan fingerprint density at radius 3 is 2.73 bits per heavy atom. The van der Waals surface area contributed by atoms with E-state index in [0.717, 1.165) is 14.3 Å². The van der Waals surface area contributed by atoms with E-state index in [1.165, 1.54) is 11.3 Å². The Hall–Kier alpha value is -1.80. The lowest BCUT2D eigenvalue weighted by Gasteiger charge is -2.02. The first-order valence-electron chi connectivity index (χ1n) is 6.53. The summed E-state index contributed by atoms with van der Waals surface area (Å²) in [5.74, 6) is 0.227. The first kappa shape index (κ1) is 15.1. The average molecular weight is 422 g/mol. The van der Waals surface area contributed by atoms with Crippen LogP contribution in [0.4, 0.5) is 0 Å².